The van der Waals surface area contributed by atoms with Crippen LogP contribution in [0.15, 0.2) is 18.6 Å². The Morgan fingerprint density at radius 3 is 2.61 bits per heavy atom. The van der Waals surface area contributed by atoms with E-state index in [-0.39, 0.29) is 11.8 Å². The second kappa shape index (κ2) is 11.3. The highest BCUT2D eigenvalue weighted by Crippen LogP contribution is 2.46. The highest BCUT2D eigenvalue weighted by atomic mass is 32.1. The van der Waals surface area contributed by atoms with Crippen LogP contribution >= 0.6 is 11.3 Å². The molecule has 0 spiro atoms. The first-order valence-electron chi connectivity index (χ1n) is 14.1. The number of rotatable bonds is 7. The Morgan fingerprint density at radius 2 is 1.93 bits per heavy atom. The number of fused-ring (bicyclic) bond motifs is 1. The maximum atomic E-state index is 14.3. The fraction of sp³-hybridized carbons (Fsp3) is 0.571. The molecule has 4 aromatic heterocycles. The summed E-state index contributed by atoms with van der Waals surface area (Å²) >= 11 is 1.14. The fourth-order valence-electron chi connectivity index (χ4n) is 6.06. The molecule has 0 atom stereocenters. The molecule has 41 heavy (non-hydrogen) atoms. The number of hydrogen-bond acceptors (Lipinski definition) is 8. The molecule has 0 aliphatic carbocycles. The van der Waals surface area contributed by atoms with Crippen LogP contribution in [-0.4, -0.2) is 74.6 Å². The van der Waals surface area contributed by atoms with Gasteiger partial charge < -0.3 is 14.4 Å². The van der Waals surface area contributed by atoms with Gasteiger partial charge in [-0.05, 0) is 62.6 Å². The van der Waals surface area contributed by atoms with E-state index in [1.807, 2.05) is 19.9 Å². The van der Waals surface area contributed by atoms with E-state index in [0.717, 1.165) is 68.2 Å². The molecule has 0 radical (unpaired) electrons. The molecule has 1 N–H and O–H groups in total. The predicted octanol–water partition coefficient (Wildman–Crippen LogP) is 6.00. The van der Waals surface area contributed by atoms with Crippen molar-refractivity contribution in [3.8, 4) is 27.7 Å². The Bertz CT molecular complexity index is 1500. The van der Waals surface area contributed by atoms with Crippen LogP contribution in [0.25, 0.3) is 27.6 Å². The van der Waals surface area contributed by atoms with E-state index in [1.165, 1.54) is 6.33 Å². The van der Waals surface area contributed by atoms with Gasteiger partial charge in [-0.1, -0.05) is 13.8 Å². The van der Waals surface area contributed by atoms with Gasteiger partial charge in [0.1, 0.15) is 11.3 Å². The summed E-state index contributed by atoms with van der Waals surface area (Å²) in [5.74, 6) is 0.924. The fourth-order valence-corrected chi connectivity index (χ4v) is 7.33. The number of hydrogen-bond donors (Lipinski definition) is 1. The van der Waals surface area contributed by atoms with Crippen LogP contribution in [0.2, 0.25) is 0 Å². The van der Waals surface area contributed by atoms with Crippen molar-refractivity contribution in [2.24, 2.45) is 5.92 Å². The highest BCUT2D eigenvalue weighted by Gasteiger charge is 2.41. The van der Waals surface area contributed by atoms with Gasteiger partial charge >= 0.3 is 6.18 Å². The summed E-state index contributed by atoms with van der Waals surface area (Å²) in [6.07, 6.45) is 2.19. The summed E-state index contributed by atoms with van der Waals surface area (Å²) in [4.78, 5) is 11.2. The zero-order valence-corrected chi connectivity index (χ0v) is 24.2. The highest BCUT2D eigenvalue weighted by molar-refractivity contribution is 7.15. The van der Waals surface area contributed by atoms with Crippen LogP contribution in [0.5, 0.6) is 5.75 Å². The van der Waals surface area contributed by atoms with Gasteiger partial charge in [-0.3, -0.25) is 5.10 Å². The number of nitrogens with one attached hydrogen (secondary N) is 1. The van der Waals surface area contributed by atoms with Crippen LogP contribution in [0.1, 0.15) is 67.5 Å². The zero-order valence-electron chi connectivity index (χ0n) is 23.4. The molecular weight excluding hydrogens is 555 g/mol. The lowest BCUT2D eigenvalue weighted by atomic mass is 9.92. The summed E-state index contributed by atoms with van der Waals surface area (Å²) in [5.41, 5.74) is 2.46. The van der Waals surface area contributed by atoms with E-state index in [0.29, 0.717) is 51.4 Å². The van der Waals surface area contributed by atoms with E-state index in [4.69, 9.17) is 9.47 Å². The molecular formula is C28H34F3N7O2S. The van der Waals surface area contributed by atoms with E-state index < -0.39 is 11.9 Å². The van der Waals surface area contributed by atoms with Crippen molar-refractivity contribution in [1.82, 2.24) is 34.7 Å². The van der Waals surface area contributed by atoms with Gasteiger partial charge in [-0.2, -0.15) is 23.4 Å². The number of aromatic nitrogens is 6. The molecule has 9 nitrogen and oxygen atoms in total. The standard InChI is InChI=1S/C28H34F3N7O2S/c1-16(2)21-22(19-12-20(39-3)26-32-15-33-38(26)14-19)35-36-23(21)27-34-25(28(29,30)31)24(41-27)18-4-8-37(9-5-18)13-17-6-10-40-11-7-17/h12,14-18H,4-11,13H2,1-3H3,(H,35,36). The Morgan fingerprint density at radius 1 is 1.17 bits per heavy atom. The minimum absolute atomic E-state index is 0.0358. The lowest BCUT2D eigenvalue weighted by Gasteiger charge is -2.35. The van der Waals surface area contributed by atoms with E-state index in [2.05, 4.69) is 30.2 Å². The number of H-pyrrole nitrogens is 1. The molecule has 0 saturated carbocycles. The number of halogens is 3. The summed E-state index contributed by atoms with van der Waals surface area (Å²) in [6, 6.07) is 1.82. The second-order valence-corrected chi connectivity index (χ2v) is 12.2. The van der Waals surface area contributed by atoms with Crippen molar-refractivity contribution in [2.75, 3.05) is 40.0 Å². The Balaban J connectivity index is 1.31. The maximum absolute atomic E-state index is 14.3. The number of thiazole rings is 1. The van der Waals surface area contributed by atoms with Gasteiger partial charge in [-0.25, -0.2) is 14.5 Å². The molecule has 0 unspecified atom stereocenters. The SMILES string of the molecule is COc1cc(-c2n[nH]c(-c3nc(C(F)(F)F)c(C4CCN(CC5CCOCC5)CC4)s3)c2C(C)C)cn2ncnc12. The average molecular weight is 590 g/mol. The van der Waals surface area contributed by atoms with Crippen molar-refractivity contribution in [1.29, 1.82) is 0 Å². The number of methoxy groups -OCH3 is 1. The molecule has 6 rings (SSSR count). The molecule has 2 aliphatic rings. The molecule has 2 aliphatic heterocycles. The van der Waals surface area contributed by atoms with E-state index >= 15 is 0 Å². The zero-order chi connectivity index (χ0) is 28.7. The number of pyridine rings is 1. The van der Waals surface area contributed by atoms with Crippen molar-refractivity contribution in [2.45, 2.75) is 57.5 Å². The number of ether oxygens (including phenoxy) is 2. The van der Waals surface area contributed by atoms with Gasteiger partial charge in [0.15, 0.2) is 17.1 Å². The summed E-state index contributed by atoms with van der Waals surface area (Å²) in [7, 11) is 1.55. The van der Waals surface area contributed by atoms with Crippen LogP contribution in [0.3, 0.4) is 0 Å². The quantitative estimate of drug-likeness (QED) is 0.283. The molecule has 220 valence electrons. The van der Waals surface area contributed by atoms with Gasteiger partial charge in [0, 0.05) is 42.0 Å². The third-order valence-electron chi connectivity index (χ3n) is 8.17. The summed E-state index contributed by atoms with van der Waals surface area (Å²) in [5, 5.41) is 12.1. The minimum atomic E-state index is -4.53. The largest absolute Gasteiger partial charge is 0.493 e. The lowest BCUT2D eigenvalue weighted by molar-refractivity contribution is -0.141. The molecule has 6 heterocycles. The minimum Gasteiger partial charge on any atom is -0.493 e. The maximum Gasteiger partial charge on any atom is 0.434 e. The van der Waals surface area contributed by atoms with E-state index in [9.17, 15) is 13.2 Å². The number of alkyl halides is 3. The Kier molecular flexibility index (Phi) is 7.77. The van der Waals surface area contributed by atoms with Gasteiger partial charge in [0.05, 0.1) is 18.5 Å². The number of piperidine rings is 1. The topological polar surface area (TPSA) is 93.5 Å². The molecule has 0 aromatic carbocycles. The third kappa shape index (κ3) is 5.59. The van der Waals surface area contributed by atoms with Gasteiger partial charge in [0.2, 0.25) is 0 Å². The van der Waals surface area contributed by atoms with Crippen molar-refractivity contribution < 1.29 is 22.6 Å². The van der Waals surface area contributed by atoms with Crippen molar-refractivity contribution in [3.63, 3.8) is 0 Å². The van der Waals surface area contributed by atoms with Gasteiger partial charge in [-0.15, -0.1) is 11.3 Å². The number of likely N-dealkylation sites (tertiary alicyclic amines) is 1. The molecule has 0 amide bonds. The monoisotopic (exact) mass is 589 g/mol. The molecule has 2 fully saturated rings. The third-order valence-corrected chi connectivity index (χ3v) is 9.40. The number of aromatic amines is 1. The predicted molar refractivity (Wildman–Crippen MR) is 149 cm³/mol. The second-order valence-electron chi connectivity index (χ2n) is 11.2. The first-order valence-corrected chi connectivity index (χ1v) is 14.9. The number of nitrogens with zero attached hydrogens (tertiary/aromatic N) is 6. The normalized spacial score (nSPS) is 18.1. The van der Waals surface area contributed by atoms with Crippen LogP contribution < -0.4 is 4.74 Å². The summed E-state index contributed by atoms with van der Waals surface area (Å²) in [6.45, 7) is 8.18. The van der Waals surface area contributed by atoms with Crippen molar-refractivity contribution in [3.05, 3.63) is 34.7 Å². The lowest BCUT2D eigenvalue weighted by Crippen LogP contribution is -2.38. The van der Waals surface area contributed by atoms with Crippen molar-refractivity contribution >= 4 is 17.0 Å². The summed E-state index contributed by atoms with van der Waals surface area (Å²) < 4.78 is 55.5. The molecule has 4 aromatic rings. The first kappa shape index (κ1) is 28.1. The average Bonchev–Trinajstić information content (AvgIpc) is 3.71. The van der Waals surface area contributed by atoms with E-state index in [1.54, 1.807) is 17.8 Å². The van der Waals surface area contributed by atoms with Gasteiger partial charge in [0.25, 0.3) is 0 Å². The van der Waals surface area contributed by atoms with Crippen LogP contribution in [0, 0.1) is 5.92 Å². The van der Waals surface area contributed by atoms with Crippen LogP contribution in [0.4, 0.5) is 13.2 Å². The smallest absolute Gasteiger partial charge is 0.434 e. The Hall–Kier alpha value is -3.03. The van der Waals surface area contributed by atoms with Crippen LogP contribution in [-0.2, 0) is 10.9 Å². The molecule has 13 heteroatoms. The molecule has 0 bridgehead atoms. The Labute approximate surface area is 240 Å². The first-order chi connectivity index (χ1) is 19.7. The molecule has 2 saturated heterocycles.